The van der Waals surface area contributed by atoms with Crippen molar-refractivity contribution in [3.63, 3.8) is 0 Å². The van der Waals surface area contributed by atoms with Gasteiger partial charge in [-0.25, -0.2) is 0 Å². The van der Waals surface area contributed by atoms with Crippen molar-refractivity contribution in [1.82, 2.24) is 15.5 Å². The van der Waals surface area contributed by atoms with Gasteiger partial charge in [0.15, 0.2) is 5.96 Å². The zero-order chi connectivity index (χ0) is 16.7. The Morgan fingerprint density at radius 2 is 2.00 bits per heavy atom. The number of hydrogen-bond acceptors (Lipinski definition) is 4. The Kier molecular flexibility index (Phi) is 9.38. The van der Waals surface area contributed by atoms with Crippen LogP contribution >= 0.6 is 35.3 Å². The Balaban J connectivity index is 0.00000288. The SMILES string of the molecule is CN=C(NCC(C)c1cccs1)NCC(c1ccco1)N(C)C.I. The summed E-state index contributed by atoms with van der Waals surface area (Å²) in [6, 6.07) is 8.35. The first-order valence-electron chi connectivity index (χ1n) is 7.79. The monoisotopic (exact) mass is 462 g/mol. The van der Waals surface area contributed by atoms with Gasteiger partial charge in [-0.3, -0.25) is 9.89 Å². The molecule has 2 unspecified atom stereocenters. The zero-order valence-corrected chi connectivity index (χ0v) is 17.8. The molecule has 5 nitrogen and oxygen atoms in total. The van der Waals surface area contributed by atoms with E-state index >= 15 is 0 Å². The summed E-state index contributed by atoms with van der Waals surface area (Å²) in [6.07, 6.45) is 1.71. The molecule has 2 N–H and O–H groups in total. The molecule has 0 amide bonds. The van der Waals surface area contributed by atoms with Crippen LogP contribution < -0.4 is 10.6 Å². The predicted octanol–water partition coefficient (Wildman–Crippen LogP) is 3.53. The normalized spacial score (nSPS) is 14.1. The van der Waals surface area contributed by atoms with Crippen LogP contribution in [0.1, 0.15) is 29.5 Å². The molecule has 0 aromatic carbocycles. The molecule has 0 saturated heterocycles. The Hall–Kier alpha value is -1.06. The molecule has 2 aromatic rings. The van der Waals surface area contributed by atoms with Crippen LogP contribution in [0, 0.1) is 0 Å². The minimum absolute atomic E-state index is 0. The second kappa shape index (κ2) is 10.7. The Morgan fingerprint density at radius 1 is 1.25 bits per heavy atom. The smallest absolute Gasteiger partial charge is 0.191 e. The second-order valence-corrected chi connectivity index (χ2v) is 6.72. The minimum Gasteiger partial charge on any atom is -0.468 e. The van der Waals surface area contributed by atoms with E-state index in [2.05, 4.69) is 45.0 Å². The Bertz CT molecular complexity index is 584. The number of nitrogens with zero attached hydrogens (tertiary/aromatic N) is 2. The van der Waals surface area contributed by atoms with E-state index in [9.17, 15) is 0 Å². The van der Waals surface area contributed by atoms with E-state index in [0.29, 0.717) is 5.92 Å². The van der Waals surface area contributed by atoms with Gasteiger partial charge >= 0.3 is 0 Å². The van der Waals surface area contributed by atoms with Crippen molar-refractivity contribution >= 4 is 41.3 Å². The van der Waals surface area contributed by atoms with E-state index in [1.165, 1.54) is 4.88 Å². The number of nitrogens with one attached hydrogen (secondary N) is 2. The van der Waals surface area contributed by atoms with Crippen molar-refractivity contribution in [3.8, 4) is 0 Å². The maximum Gasteiger partial charge on any atom is 0.191 e. The summed E-state index contributed by atoms with van der Waals surface area (Å²) in [4.78, 5) is 7.82. The van der Waals surface area contributed by atoms with E-state index in [1.807, 2.05) is 26.2 Å². The van der Waals surface area contributed by atoms with Crippen LogP contribution in [0.2, 0.25) is 0 Å². The number of hydrogen-bond donors (Lipinski definition) is 2. The van der Waals surface area contributed by atoms with Gasteiger partial charge in [-0.15, -0.1) is 35.3 Å². The summed E-state index contributed by atoms with van der Waals surface area (Å²) in [7, 11) is 5.89. The molecule has 2 rings (SSSR count). The Morgan fingerprint density at radius 3 is 2.54 bits per heavy atom. The summed E-state index contributed by atoms with van der Waals surface area (Å²) in [5.41, 5.74) is 0. The average molecular weight is 462 g/mol. The lowest BCUT2D eigenvalue weighted by Crippen LogP contribution is -2.42. The summed E-state index contributed by atoms with van der Waals surface area (Å²) in [6.45, 7) is 3.80. The molecule has 0 aliphatic carbocycles. The summed E-state index contributed by atoms with van der Waals surface area (Å²) >= 11 is 1.79. The third-order valence-electron chi connectivity index (χ3n) is 3.79. The first-order valence-corrected chi connectivity index (χ1v) is 8.67. The highest BCUT2D eigenvalue weighted by Gasteiger charge is 2.17. The van der Waals surface area contributed by atoms with Crippen molar-refractivity contribution < 1.29 is 4.42 Å². The number of furan rings is 1. The van der Waals surface area contributed by atoms with Crippen LogP contribution in [0.15, 0.2) is 45.3 Å². The van der Waals surface area contributed by atoms with Gasteiger partial charge in [0.25, 0.3) is 0 Å². The lowest BCUT2D eigenvalue weighted by Gasteiger charge is -2.24. The van der Waals surface area contributed by atoms with Crippen molar-refractivity contribution in [2.45, 2.75) is 18.9 Å². The molecule has 2 atom stereocenters. The highest BCUT2D eigenvalue weighted by Crippen LogP contribution is 2.20. The molecule has 0 saturated carbocycles. The molecule has 134 valence electrons. The van der Waals surface area contributed by atoms with E-state index in [-0.39, 0.29) is 30.0 Å². The van der Waals surface area contributed by atoms with Crippen LogP contribution in [-0.4, -0.2) is 45.1 Å². The highest BCUT2D eigenvalue weighted by atomic mass is 127. The molecule has 0 spiro atoms. The maximum absolute atomic E-state index is 5.53. The molecule has 7 heteroatoms. The third kappa shape index (κ3) is 6.10. The topological polar surface area (TPSA) is 52.8 Å². The number of guanidine groups is 1. The quantitative estimate of drug-likeness (QED) is 0.376. The van der Waals surface area contributed by atoms with Gasteiger partial charge in [0.05, 0.1) is 12.3 Å². The number of likely N-dealkylation sites (N-methyl/N-ethyl adjacent to an activating group) is 1. The molecule has 0 aliphatic rings. The molecular weight excluding hydrogens is 435 g/mol. The van der Waals surface area contributed by atoms with Crippen LogP contribution in [-0.2, 0) is 0 Å². The van der Waals surface area contributed by atoms with E-state index in [4.69, 9.17) is 4.42 Å². The van der Waals surface area contributed by atoms with Crippen LogP contribution in [0.3, 0.4) is 0 Å². The van der Waals surface area contributed by atoms with E-state index in [1.54, 1.807) is 24.6 Å². The number of thiophene rings is 1. The lowest BCUT2D eigenvalue weighted by atomic mass is 10.1. The fourth-order valence-corrected chi connectivity index (χ4v) is 3.14. The second-order valence-electron chi connectivity index (χ2n) is 5.75. The van der Waals surface area contributed by atoms with Gasteiger partial charge in [-0.05, 0) is 37.7 Å². The van der Waals surface area contributed by atoms with Crippen LogP contribution in [0.5, 0.6) is 0 Å². The molecule has 0 fully saturated rings. The molecule has 0 aliphatic heterocycles. The third-order valence-corrected chi connectivity index (χ3v) is 4.89. The number of rotatable bonds is 7. The van der Waals surface area contributed by atoms with Gasteiger partial charge in [-0.2, -0.15) is 0 Å². The molecule has 2 heterocycles. The molecule has 24 heavy (non-hydrogen) atoms. The maximum atomic E-state index is 5.53. The largest absolute Gasteiger partial charge is 0.468 e. The molecule has 0 radical (unpaired) electrons. The fourth-order valence-electron chi connectivity index (χ4n) is 2.35. The standard InChI is InChI=1S/C17H26N4OS.HI/c1-13(16-8-6-10-23-16)11-19-17(18-2)20-12-14(21(3)4)15-7-5-9-22-15;/h5-10,13-14H,11-12H2,1-4H3,(H2,18,19,20);1H. The van der Waals surface area contributed by atoms with Crippen molar-refractivity contribution in [1.29, 1.82) is 0 Å². The van der Waals surface area contributed by atoms with Crippen molar-refractivity contribution in [3.05, 3.63) is 46.5 Å². The van der Waals surface area contributed by atoms with E-state index < -0.39 is 0 Å². The van der Waals surface area contributed by atoms with Crippen LogP contribution in [0.25, 0.3) is 0 Å². The van der Waals surface area contributed by atoms with E-state index in [0.717, 1.165) is 24.8 Å². The van der Waals surface area contributed by atoms with Gasteiger partial charge in [0.2, 0.25) is 0 Å². The average Bonchev–Trinajstić information content (AvgIpc) is 3.23. The van der Waals surface area contributed by atoms with Crippen molar-refractivity contribution in [2.24, 2.45) is 4.99 Å². The summed E-state index contributed by atoms with van der Waals surface area (Å²) in [5, 5.41) is 8.89. The predicted molar refractivity (Wildman–Crippen MR) is 113 cm³/mol. The first kappa shape index (κ1) is 21.0. The number of halogens is 1. The van der Waals surface area contributed by atoms with Gasteiger partial charge in [-0.1, -0.05) is 13.0 Å². The van der Waals surface area contributed by atoms with Crippen molar-refractivity contribution in [2.75, 3.05) is 34.2 Å². The lowest BCUT2D eigenvalue weighted by molar-refractivity contribution is 0.258. The minimum atomic E-state index is 0. The fraction of sp³-hybridized carbons (Fsp3) is 0.471. The first-order chi connectivity index (χ1) is 11.1. The van der Waals surface area contributed by atoms with Gasteiger partial charge in [0, 0.05) is 30.9 Å². The molecule has 0 bridgehead atoms. The van der Waals surface area contributed by atoms with Gasteiger partial charge < -0.3 is 15.1 Å². The summed E-state index contributed by atoms with van der Waals surface area (Å²) < 4.78 is 5.53. The molecule has 2 aromatic heterocycles. The van der Waals surface area contributed by atoms with Gasteiger partial charge in [0.1, 0.15) is 5.76 Å². The molecular formula is C17H27IN4OS. The van der Waals surface area contributed by atoms with Crippen LogP contribution in [0.4, 0.5) is 0 Å². The zero-order valence-electron chi connectivity index (χ0n) is 14.7. The highest BCUT2D eigenvalue weighted by molar-refractivity contribution is 14.0. The number of aliphatic imine (C=N–C) groups is 1. The Labute approximate surface area is 165 Å². The summed E-state index contributed by atoms with van der Waals surface area (Å²) in [5.74, 6) is 2.22.